The molecule has 3 aliphatic heterocycles. The van der Waals surface area contributed by atoms with E-state index in [9.17, 15) is 9.59 Å². The number of aromatic nitrogens is 5. The first-order valence-electron chi connectivity index (χ1n) is 11.7. The number of pyridine rings is 1. The number of cyclic esters (lactones) is 1. The van der Waals surface area contributed by atoms with Crippen LogP contribution >= 0.6 is 0 Å². The van der Waals surface area contributed by atoms with Gasteiger partial charge in [-0.15, -0.1) is 5.10 Å². The fourth-order valence-electron chi connectivity index (χ4n) is 5.06. The fourth-order valence-corrected chi connectivity index (χ4v) is 5.06. The number of benzene rings is 1. The van der Waals surface area contributed by atoms with Crippen LogP contribution in [-0.4, -0.2) is 85.7 Å². The van der Waals surface area contributed by atoms with E-state index < -0.39 is 0 Å². The Bertz CT molecular complexity index is 1260. The van der Waals surface area contributed by atoms with Gasteiger partial charge in [0.15, 0.2) is 5.82 Å². The van der Waals surface area contributed by atoms with Crippen molar-refractivity contribution in [3.05, 3.63) is 64.6 Å². The Morgan fingerprint density at radius 1 is 1.20 bits per heavy atom. The van der Waals surface area contributed by atoms with Crippen LogP contribution in [0.4, 0.5) is 0 Å². The van der Waals surface area contributed by atoms with E-state index in [1.54, 1.807) is 12.3 Å². The predicted octanol–water partition coefficient (Wildman–Crippen LogP) is 0.863. The highest BCUT2D eigenvalue weighted by atomic mass is 16.5. The summed E-state index contributed by atoms with van der Waals surface area (Å²) in [5, 5.41) is 11.0. The van der Waals surface area contributed by atoms with Crippen molar-refractivity contribution in [2.45, 2.75) is 32.1 Å². The second-order valence-corrected chi connectivity index (χ2v) is 9.21. The van der Waals surface area contributed by atoms with E-state index in [0.717, 1.165) is 35.3 Å². The quantitative estimate of drug-likeness (QED) is 0.507. The smallest absolute Gasteiger partial charge is 0.338 e. The largest absolute Gasteiger partial charge is 0.457 e. The lowest BCUT2D eigenvalue weighted by molar-refractivity contribution is -0.139. The monoisotopic (exact) mass is 475 g/mol. The normalized spacial score (nSPS) is 22.0. The van der Waals surface area contributed by atoms with Crippen molar-refractivity contribution in [3.8, 4) is 5.82 Å². The standard InChI is InChI=1S/C24H25N7O4/c1-15-6-20-17(12-35-24(20)33)8-19(15)21-11-29-4-5-30(10-18(29)13-34-21)23(32)7-16-2-3-22(25-9-16)31-14-26-27-28-31/h2-3,6,8-9,14,18,21H,4-5,7,10-13H2,1H3/t18-,21+/m0/s1. The van der Waals surface area contributed by atoms with Crippen LogP contribution in [0.2, 0.25) is 0 Å². The molecule has 0 unspecified atom stereocenters. The predicted molar refractivity (Wildman–Crippen MR) is 122 cm³/mol. The number of hydrogen-bond donors (Lipinski definition) is 0. The number of carbonyl (C=O) groups is 2. The molecule has 35 heavy (non-hydrogen) atoms. The number of piperazine rings is 1. The zero-order chi connectivity index (χ0) is 23.9. The third-order valence-electron chi connectivity index (χ3n) is 7.01. The first kappa shape index (κ1) is 21.8. The third kappa shape index (κ3) is 4.17. The van der Waals surface area contributed by atoms with E-state index in [0.29, 0.717) is 44.1 Å². The minimum atomic E-state index is -0.251. The summed E-state index contributed by atoms with van der Waals surface area (Å²) in [5.74, 6) is 0.439. The molecule has 1 amide bonds. The van der Waals surface area contributed by atoms with Gasteiger partial charge >= 0.3 is 5.97 Å². The fraction of sp³-hybridized carbons (Fsp3) is 0.417. The Morgan fingerprint density at radius 3 is 2.91 bits per heavy atom. The first-order chi connectivity index (χ1) is 17.0. The summed E-state index contributed by atoms with van der Waals surface area (Å²) in [6.07, 6.45) is 3.41. The number of amides is 1. The van der Waals surface area contributed by atoms with Crippen LogP contribution in [0.25, 0.3) is 5.82 Å². The number of tetrazole rings is 1. The Balaban J connectivity index is 1.07. The number of hydrogen-bond acceptors (Lipinski definition) is 9. The van der Waals surface area contributed by atoms with Gasteiger partial charge < -0.3 is 14.4 Å². The van der Waals surface area contributed by atoms with E-state index in [2.05, 4.69) is 31.5 Å². The minimum Gasteiger partial charge on any atom is -0.457 e. The molecule has 3 aromatic rings. The molecule has 0 saturated carbocycles. The van der Waals surface area contributed by atoms with Crippen LogP contribution in [-0.2, 0) is 27.3 Å². The van der Waals surface area contributed by atoms with Crippen molar-refractivity contribution in [2.75, 3.05) is 32.8 Å². The zero-order valence-electron chi connectivity index (χ0n) is 19.3. The molecule has 11 nitrogen and oxygen atoms in total. The zero-order valence-corrected chi connectivity index (χ0v) is 19.3. The molecular weight excluding hydrogens is 450 g/mol. The first-order valence-corrected chi connectivity index (χ1v) is 11.7. The molecule has 2 aromatic heterocycles. The van der Waals surface area contributed by atoms with Crippen LogP contribution in [0.15, 0.2) is 36.8 Å². The van der Waals surface area contributed by atoms with Gasteiger partial charge in [-0.3, -0.25) is 9.69 Å². The molecule has 0 aliphatic carbocycles. The number of nitrogens with zero attached hydrogens (tertiary/aromatic N) is 7. The summed E-state index contributed by atoms with van der Waals surface area (Å²) < 4.78 is 12.9. The molecule has 2 fully saturated rings. The molecule has 180 valence electrons. The number of carbonyl (C=O) groups excluding carboxylic acids is 2. The molecule has 0 spiro atoms. The summed E-state index contributed by atoms with van der Waals surface area (Å²) in [5.41, 5.74) is 4.59. The van der Waals surface area contributed by atoms with Gasteiger partial charge in [0.25, 0.3) is 0 Å². The number of ether oxygens (including phenoxy) is 2. The van der Waals surface area contributed by atoms with Crippen molar-refractivity contribution in [1.29, 1.82) is 0 Å². The average molecular weight is 476 g/mol. The molecule has 2 atom stereocenters. The molecule has 1 aromatic carbocycles. The lowest BCUT2D eigenvalue weighted by Crippen LogP contribution is -2.59. The topological polar surface area (TPSA) is 116 Å². The van der Waals surface area contributed by atoms with Crippen LogP contribution < -0.4 is 0 Å². The Labute approximate surface area is 201 Å². The van der Waals surface area contributed by atoms with E-state index in [4.69, 9.17) is 9.47 Å². The summed E-state index contributed by atoms with van der Waals surface area (Å²) in [6, 6.07) is 7.82. The van der Waals surface area contributed by atoms with E-state index >= 15 is 0 Å². The van der Waals surface area contributed by atoms with Gasteiger partial charge in [-0.05, 0) is 52.2 Å². The minimum absolute atomic E-state index is 0.0562. The van der Waals surface area contributed by atoms with Crippen LogP contribution in [0.3, 0.4) is 0 Å². The summed E-state index contributed by atoms with van der Waals surface area (Å²) in [6.45, 7) is 5.80. The second-order valence-electron chi connectivity index (χ2n) is 9.21. The van der Waals surface area contributed by atoms with Gasteiger partial charge in [0, 0.05) is 37.9 Å². The van der Waals surface area contributed by atoms with Crippen LogP contribution in [0.1, 0.15) is 38.7 Å². The maximum atomic E-state index is 13.0. The number of rotatable bonds is 4. The maximum absolute atomic E-state index is 13.0. The summed E-state index contributed by atoms with van der Waals surface area (Å²) in [7, 11) is 0. The van der Waals surface area contributed by atoms with Gasteiger partial charge in [0.2, 0.25) is 5.91 Å². The van der Waals surface area contributed by atoms with Crippen molar-refractivity contribution >= 4 is 11.9 Å². The molecule has 3 aliphatic rings. The van der Waals surface area contributed by atoms with Crippen molar-refractivity contribution in [3.63, 3.8) is 0 Å². The van der Waals surface area contributed by atoms with Gasteiger partial charge in [0.1, 0.15) is 12.9 Å². The lowest BCUT2D eigenvalue weighted by atomic mass is 9.95. The van der Waals surface area contributed by atoms with Gasteiger partial charge in [-0.1, -0.05) is 6.07 Å². The van der Waals surface area contributed by atoms with Gasteiger partial charge in [-0.25, -0.2) is 9.78 Å². The third-order valence-corrected chi connectivity index (χ3v) is 7.01. The van der Waals surface area contributed by atoms with E-state index in [1.807, 2.05) is 24.0 Å². The molecule has 6 rings (SSSR count). The van der Waals surface area contributed by atoms with Gasteiger partial charge in [-0.2, -0.15) is 4.68 Å². The van der Waals surface area contributed by atoms with Crippen LogP contribution in [0.5, 0.6) is 0 Å². The van der Waals surface area contributed by atoms with E-state index in [1.165, 1.54) is 11.0 Å². The van der Waals surface area contributed by atoms with Crippen molar-refractivity contribution in [2.24, 2.45) is 0 Å². The number of esters is 1. The second kappa shape index (κ2) is 8.82. The molecule has 0 bridgehead atoms. The Morgan fingerprint density at radius 2 is 2.11 bits per heavy atom. The van der Waals surface area contributed by atoms with Crippen molar-refractivity contribution in [1.82, 2.24) is 35.0 Å². The summed E-state index contributed by atoms with van der Waals surface area (Å²) in [4.78, 5) is 33.5. The SMILES string of the molecule is Cc1cc2c(cc1[C@H]1CN3CCN(C(=O)Cc4ccc(-n5cnnn5)nc4)C[C@H]3CO1)COC2=O. The van der Waals surface area contributed by atoms with Gasteiger partial charge in [0.05, 0.1) is 30.7 Å². The molecule has 2 saturated heterocycles. The van der Waals surface area contributed by atoms with Crippen molar-refractivity contribution < 1.29 is 19.1 Å². The number of aryl methyl sites for hydroxylation is 1. The Kier molecular flexibility index (Phi) is 5.50. The lowest BCUT2D eigenvalue weighted by Gasteiger charge is -2.46. The van der Waals surface area contributed by atoms with E-state index in [-0.39, 0.29) is 24.0 Å². The molecule has 0 N–H and O–H groups in total. The molecule has 11 heteroatoms. The van der Waals surface area contributed by atoms with Crippen LogP contribution in [0, 0.1) is 6.92 Å². The highest BCUT2D eigenvalue weighted by Gasteiger charge is 2.36. The molecular formula is C24H25N7O4. The summed E-state index contributed by atoms with van der Waals surface area (Å²) >= 11 is 0. The average Bonchev–Trinajstić information content (AvgIpc) is 3.54. The molecule has 0 radical (unpaired) electrons. The highest BCUT2D eigenvalue weighted by Crippen LogP contribution is 2.32. The number of fused-ring (bicyclic) bond motifs is 2. The Hall–Kier alpha value is -3.70. The molecule has 5 heterocycles. The number of morpholine rings is 1. The highest BCUT2D eigenvalue weighted by molar-refractivity contribution is 5.93. The maximum Gasteiger partial charge on any atom is 0.338 e.